The molecule has 21 heavy (non-hydrogen) atoms. The van der Waals surface area contributed by atoms with Crippen LogP contribution in [0.25, 0.3) is 0 Å². The minimum Gasteiger partial charge on any atom is -0.349 e. The third-order valence-electron chi connectivity index (χ3n) is 3.41. The third kappa shape index (κ3) is 3.75. The predicted molar refractivity (Wildman–Crippen MR) is 71.3 cm³/mol. The fraction of sp³-hybridized carbons (Fsp3) is 0.769. The van der Waals surface area contributed by atoms with Crippen LogP contribution in [0.4, 0.5) is 8.78 Å². The van der Waals surface area contributed by atoms with E-state index in [4.69, 9.17) is 4.52 Å². The van der Waals surface area contributed by atoms with Crippen LogP contribution in [0.2, 0.25) is 0 Å². The number of hydrogen-bond acceptors (Lipinski definition) is 5. The molecule has 0 spiro atoms. The summed E-state index contributed by atoms with van der Waals surface area (Å²) in [5, 5.41) is 8.68. The molecule has 2 rings (SSSR count). The number of nitrogens with one attached hydrogen (secondary N) is 2. The largest absolute Gasteiger partial charge is 0.349 e. The van der Waals surface area contributed by atoms with Gasteiger partial charge >= 0.3 is 0 Å². The molecular formula is C13H20F2N4O2. The van der Waals surface area contributed by atoms with E-state index in [-0.39, 0.29) is 24.3 Å². The molecular weight excluding hydrogens is 282 g/mol. The van der Waals surface area contributed by atoms with Crippen LogP contribution >= 0.6 is 0 Å². The summed E-state index contributed by atoms with van der Waals surface area (Å²) >= 11 is 0. The summed E-state index contributed by atoms with van der Waals surface area (Å²) in [5.74, 6) is -4.09. The fourth-order valence-corrected chi connectivity index (χ4v) is 2.05. The summed E-state index contributed by atoms with van der Waals surface area (Å²) in [6, 6.07) is 0. The number of carbonyl (C=O) groups excluding carboxylic acids is 1. The Morgan fingerprint density at radius 2 is 2.24 bits per heavy atom. The van der Waals surface area contributed by atoms with Crippen molar-refractivity contribution in [2.75, 3.05) is 19.6 Å². The molecule has 1 atom stereocenters. The molecule has 8 heteroatoms. The van der Waals surface area contributed by atoms with E-state index in [0.717, 1.165) is 0 Å². The molecule has 1 unspecified atom stereocenters. The van der Waals surface area contributed by atoms with E-state index in [9.17, 15) is 13.6 Å². The lowest BCUT2D eigenvalue weighted by Crippen LogP contribution is -2.50. The first-order valence-corrected chi connectivity index (χ1v) is 6.91. The van der Waals surface area contributed by atoms with Gasteiger partial charge in [-0.25, -0.2) is 8.78 Å². The first kappa shape index (κ1) is 15.8. The van der Waals surface area contributed by atoms with E-state index in [1.807, 2.05) is 20.8 Å². The standard InChI is InChI=1S/C13H20F2N4O2/c1-12(2,3)11-18-9(19-21-11)10(20)17-6-8-4-5-16-7-13(8,14)15/h8,16H,4-7H2,1-3H3,(H,17,20). The molecule has 6 nitrogen and oxygen atoms in total. The number of rotatable bonds is 3. The topological polar surface area (TPSA) is 80.0 Å². The van der Waals surface area contributed by atoms with Gasteiger partial charge in [0.05, 0.1) is 6.54 Å². The predicted octanol–water partition coefficient (Wildman–Crippen LogP) is 1.34. The van der Waals surface area contributed by atoms with Crippen molar-refractivity contribution < 1.29 is 18.1 Å². The monoisotopic (exact) mass is 302 g/mol. The summed E-state index contributed by atoms with van der Waals surface area (Å²) in [6.07, 6.45) is 0.312. The molecule has 0 saturated carbocycles. The highest BCUT2D eigenvalue weighted by molar-refractivity contribution is 5.90. The zero-order chi connectivity index (χ0) is 15.7. The van der Waals surface area contributed by atoms with Crippen molar-refractivity contribution >= 4 is 5.91 Å². The quantitative estimate of drug-likeness (QED) is 0.881. The van der Waals surface area contributed by atoms with Crippen LogP contribution in [0, 0.1) is 5.92 Å². The molecule has 0 radical (unpaired) electrons. The van der Waals surface area contributed by atoms with Gasteiger partial charge in [0.2, 0.25) is 5.89 Å². The first-order valence-electron chi connectivity index (χ1n) is 6.91. The van der Waals surface area contributed by atoms with Gasteiger partial charge in [0.1, 0.15) is 0 Å². The van der Waals surface area contributed by atoms with Crippen molar-refractivity contribution in [2.24, 2.45) is 5.92 Å². The second-order valence-electron chi connectivity index (χ2n) is 6.31. The second-order valence-corrected chi connectivity index (χ2v) is 6.31. The molecule has 1 aliphatic rings. The molecule has 118 valence electrons. The van der Waals surface area contributed by atoms with Gasteiger partial charge in [-0.15, -0.1) is 0 Å². The molecule has 0 aromatic carbocycles. The molecule has 1 fully saturated rings. The Labute approximate surface area is 121 Å². The lowest BCUT2D eigenvalue weighted by atomic mass is 9.94. The fourth-order valence-electron chi connectivity index (χ4n) is 2.05. The van der Waals surface area contributed by atoms with Crippen molar-refractivity contribution in [3.05, 3.63) is 11.7 Å². The minimum atomic E-state index is -2.82. The van der Waals surface area contributed by atoms with Gasteiger partial charge in [0.15, 0.2) is 0 Å². The van der Waals surface area contributed by atoms with Crippen molar-refractivity contribution in [1.82, 2.24) is 20.8 Å². The maximum atomic E-state index is 13.6. The van der Waals surface area contributed by atoms with Crippen LogP contribution in [0.1, 0.15) is 43.7 Å². The molecule has 2 heterocycles. The number of alkyl halides is 2. The second kappa shape index (κ2) is 5.67. The Hall–Kier alpha value is -1.57. The number of nitrogens with zero attached hydrogens (tertiary/aromatic N) is 2. The molecule has 1 aromatic heterocycles. The Bertz CT molecular complexity index is 511. The Kier molecular flexibility index (Phi) is 4.27. The van der Waals surface area contributed by atoms with Crippen molar-refractivity contribution in [3.63, 3.8) is 0 Å². The highest BCUT2D eigenvalue weighted by Gasteiger charge is 2.41. The van der Waals surface area contributed by atoms with Crippen LogP contribution in [0.15, 0.2) is 4.52 Å². The lowest BCUT2D eigenvalue weighted by Gasteiger charge is -2.31. The van der Waals surface area contributed by atoms with E-state index in [1.165, 1.54) is 0 Å². The molecule has 1 aromatic rings. The zero-order valence-electron chi connectivity index (χ0n) is 12.4. The summed E-state index contributed by atoms with van der Waals surface area (Å²) in [4.78, 5) is 15.9. The van der Waals surface area contributed by atoms with Crippen molar-refractivity contribution in [3.8, 4) is 0 Å². The van der Waals surface area contributed by atoms with Crippen LogP contribution in [0.5, 0.6) is 0 Å². The van der Waals surface area contributed by atoms with E-state index in [2.05, 4.69) is 20.8 Å². The number of aromatic nitrogens is 2. The number of carbonyl (C=O) groups is 1. The van der Waals surface area contributed by atoms with Crippen LogP contribution in [0.3, 0.4) is 0 Å². The molecule has 0 aliphatic carbocycles. The SMILES string of the molecule is CC(C)(C)c1nc(C(=O)NCC2CCNCC2(F)F)no1. The van der Waals surface area contributed by atoms with Crippen LogP contribution < -0.4 is 10.6 Å². The van der Waals surface area contributed by atoms with Gasteiger partial charge in [0, 0.05) is 17.9 Å². The Morgan fingerprint density at radius 3 is 2.81 bits per heavy atom. The van der Waals surface area contributed by atoms with Crippen molar-refractivity contribution in [2.45, 2.75) is 38.5 Å². The van der Waals surface area contributed by atoms with Crippen molar-refractivity contribution in [1.29, 1.82) is 0 Å². The van der Waals surface area contributed by atoms with Gasteiger partial charge in [-0.1, -0.05) is 25.9 Å². The van der Waals surface area contributed by atoms with E-state index < -0.39 is 17.7 Å². The average Bonchev–Trinajstić information content (AvgIpc) is 2.86. The Balaban J connectivity index is 1.94. The van der Waals surface area contributed by atoms with E-state index in [0.29, 0.717) is 18.9 Å². The van der Waals surface area contributed by atoms with E-state index in [1.54, 1.807) is 0 Å². The maximum Gasteiger partial charge on any atom is 0.292 e. The molecule has 1 saturated heterocycles. The molecule has 2 N–H and O–H groups in total. The van der Waals surface area contributed by atoms with Gasteiger partial charge in [0.25, 0.3) is 17.7 Å². The molecule has 0 bridgehead atoms. The number of piperidine rings is 1. The third-order valence-corrected chi connectivity index (χ3v) is 3.41. The van der Waals surface area contributed by atoms with Gasteiger partial charge < -0.3 is 15.2 Å². The summed E-state index contributed by atoms with van der Waals surface area (Å²) in [6.45, 7) is 5.68. The average molecular weight is 302 g/mol. The first-order chi connectivity index (χ1) is 9.70. The zero-order valence-corrected chi connectivity index (χ0v) is 12.4. The van der Waals surface area contributed by atoms with Gasteiger partial charge in [-0.2, -0.15) is 4.98 Å². The van der Waals surface area contributed by atoms with Crippen LogP contribution in [-0.4, -0.2) is 41.6 Å². The minimum absolute atomic E-state index is 0.104. The molecule has 1 amide bonds. The van der Waals surface area contributed by atoms with E-state index >= 15 is 0 Å². The van der Waals surface area contributed by atoms with Gasteiger partial charge in [-0.05, 0) is 13.0 Å². The normalized spacial score (nSPS) is 22.0. The smallest absolute Gasteiger partial charge is 0.292 e. The summed E-state index contributed by atoms with van der Waals surface area (Å²) < 4.78 is 32.2. The summed E-state index contributed by atoms with van der Waals surface area (Å²) in [5.41, 5.74) is -0.367. The highest BCUT2D eigenvalue weighted by atomic mass is 19.3. The summed E-state index contributed by atoms with van der Waals surface area (Å²) in [7, 11) is 0. The number of amides is 1. The molecule has 1 aliphatic heterocycles. The Morgan fingerprint density at radius 1 is 1.52 bits per heavy atom. The van der Waals surface area contributed by atoms with Crippen LogP contribution in [-0.2, 0) is 5.41 Å². The number of hydrogen-bond donors (Lipinski definition) is 2. The lowest BCUT2D eigenvalue weighted by molar-refractivity contribution is -0.0712. The highest BCUT2D eigenvalue weighted by Crippen LogP contribution is 2.28. The number of halogens is 2. The maximum absolute atomic E-state index is 13.6. The van der Waals surface area contributed by atoms with Gasteiger partial charge in [-0.3, -0.25) is 4.79 Å².